The lowest BCUT2D eigenvalue weighted by Gasteiger charge is -2.24. The van der Waals surface area contributed by atoms with Crippen LogP contribution in [0.25, 0.3) is 0 Å². The number of rotatable bonds is 4. The van der Waals surface area contributed by atoms with Crippen LogP contribution in [0.2, 0.25) is 0 Å². The molecule has 2 rings (SSSR count). The molecule has 2 N–H and O–H groups in total. The number of ether oxygens (including phenoxy) is 1. The first-order chi connectivity index (χ1) is 9.06. The van der Waals surface area contributed by atoms with Gasteiger partial charge in [-0.15, -0.1) is 0 Å². The van der Waals surface area contributed by atoms with Gasteiger partial charge in [0, 0.05) is 6.42 Å². The Morgan fingerprint density at radius 3 is 2.95 bits per heavy atom. The highest BCUT2D eigenvalue weighted by Gasteiger charge is 2.26. The first kappa shape index (κ1) is 13.5. The first-order valence-corrected chi connectivity index (χ1v) is 6.23. The summed E-state index contributed by atoms with van der Waals surface area (Å²) in [7, 11) is 0. The van der Waals surface area contributed by atoms with Crippen LogP contribution in [0.1, 0.15) is 19.8 Å². The molecule has 2 unspecified atom stereocenters. The quantitative estimate of drug-likeness (QED) is 0.758. The van der Waals surface area contributed by atoms with Gasteiger partial charge < -0.3 is 15.2 Å². The number of hydrogen-bond donors (Lipinski definition) is 2. The smallest absolute Gasteiger partial charge is 0.404 e. The Morgan fingerprint density at radius 2 is 2.37 bits per heavy atom. The summed E-state index contributed by atoms with van der Waals surface area (Å²) in [5.41, 5.74) is 1.67. The van der Waals surface area contributed by atoms with Gasteiger partial charge in [-0.25, -0.2) is 4.79 Å². The summed E-state index contributed by atoms with van der Waals surface area (Å²) in [5.74, 6) is 0.0921. The Morgan fingerprint density at radius 1 is 1.58 bits per heavy atom. The predicted molar refractivity (Wildman–Crippen MR) is 69.9 cm³/mol. The number of carbonyl (C=O) groups is 2. The van der Waals surface area contributed by atoms with Gasteiger partial charge in [0.2, 0.25) is 0 Å². The molecule has 5 heteroatoms. The van der Waals surface area contributed by atoms with Crippen molar-refractivity contribution in [1.29, 1.82) is 0 Å². The first-order valence-electron chi connectivity index (χ1n) is 6.23. The maximum atomic E-state index is 11.6. The Kier molecular flexibility index (Phi) is 4.16. The van der Waals surface area contributed by atoms with Crippen molar-refractivity contribution in [2.24, 2.45) is 0 Å². The van der Waals surface area contributed by atoms with Gasteiger partial charge in [0.25, 0.3) is 0 Å². The van der Waals surface area contributed by atoms with Gasteiger partial charge in [0.1, 0.15) is 0 Å². The van der Waals surface area contributed by atoms with E-state index in [4.69, 9.17) is 9.84 Å². The third-order valence-electron chi connectivity index (χ3n) is 3.29. The van der Waals surface area contributed by atoms with Crippen LogP contribution in [0.5, 0.6) is 0 Å². The molecule has 5 nitrogen and oxygen atoms in total. The van der Waals surface area contributed by atoms with E-state index in [1.807, 2.05) is 18.2 Å². The predicted octanol–water partition coefficient (Wildman–Crippen LogP) is 1.81. The molecule has 0 saturated carbocycles. The van der Waals surface area contributed by atoms with Gasteiger partial charge in [0.05, 0.1) is 18.8 Å². The lowest BCUT2D eigenvalue weighted by molar-refractivity contribution is -0.115. The van der Waals surface area contributed by atoms with E-state index >= 15 is 0 Å². The Hall–Kier alpha value is -1.88. The topological polar surface area (TPSA) is 75.6 Å². The molecule has 1 aliphatic carbocycles. The lowest BCUT2D eigenvalue weighted by atomic mass is 9.92. The van der Waals surface area contributed by atoms with Gasteiger partial charge in [-0.3, -0.25) is 4.79 Å². The SMILES string of the molecule is CC1=CC=C(CC(NC(=O)O)C2C=CCO2)CC1=O. The van der Waals surface area contributed by atoms with E-state index < -0.39 is 6.09 Å². The zero-order valence-electron chi connectivity index (χ0n) is 10.8. The minimum atomic E-state index is -1.08. The molecule has 1 heterocycles. The van der Waals surface area contributed by atoms with Crippen LogP contribution < -0.4 is 5.32 Å². The second kappa shape index (κ2) is 5.84. The Balaban J connectivity index is 2.05. The molecule has 0 aromatic carbocycles. The normalized spacial score (nSPS) is 23.8. The van der Waals surface area contributed by atoms with E-state index in [9.17, 15) is 9.59 Å². The van der Waals surface area contributed by atoms with Gasteiger partial charge >= 0.3 is 6.09 Å². The second-order valence-electron chi connectivity index (χ2n) is 4.76. The molecule has 0 aromatic rings. The van der Waals surface area contributed by atoms with Crippen LogP contribution in [0.4, 0.5) is 4.79 Å². The van der Waals surface area contributed by atoms with Crippen molar-refractivity contribution in [3.8, 4) is 0 Å². The number of carboxylic acid groups (broad SMARTS) is 1. The molecule has 1 aliphatic heterocycles. The molecule has 1 amide bonds. The van der Waals surface area contributed by atoms with Crippen molar-refractivity contribution < 1.29 is 19.4 Å². The van der Waals surface area contributed by atoms with E-state index in [1.165, 1.54) is 0 Å². The molecule has 0 radical (unpaired) electrons. The fraction of sp³-hybridized carbons (Fsp3) is 0.429. The van der Waals surface area contributed by atoms with E-state index in [-0.39, 0.29) is 17.9 Å². The third kappa shape index (κ3) is 3.54. The molecular weight excluding hydrogens is 246 g/mol. The Bertz CT molecular complexity index is 476. The van der Waals surface area contributed by atoms with Crippen LogP contribution >= 0.6 is 0 Å². The number of amides is 1. The van der Waals surface area contributed by atoms with Crippen molar-refractivity contribution in [3.63, 3.8) is 0 Å². The molecule has 102 valence electrons. The summed E-state index contributed by atoms with van der Waals surface area (Å²) in [6, 6.07) is -0.359. The fourth-order valence-corrected chi connectivity index (χ4v) is 2.23. The minimum absolute atomic E-state index is 0.0921. The largest absolute Gasteiger partial charge is 0.465 e. The fourth-order valence-electron chi connectivity index (χ4n) is 2.23. The van der Waals surface area contributed by atoms with Gasteiger partial charge in [-0.1, -0.05) is 29.9 Å². The van der Waals surface area contributed by atoms with E-state index in [2.05, 4.69) is 5.32 Å². The maximum absolute atomic E-state index is 11.6. The molecule has 2 aliphatic rings. The number of ketones is 1. The van der Waals surface area contributed by atoms with Crippen LogP contribution in [-0.2, 0) is 9.53 Å². The highest BCUT2D eigenvalue weighted by molar-refractivity contribution is 5.97. The monoisotopic (exact) mass is 263 g/mol. The maximum Gasteiger partial charge on any atom is 0.404 e. The zero-order valence-corrected chi connectivity index (χ0v) is 10.8. The second-order valence-corrected chi connectivity index (χ2v) is 4.76. The summed E-state index contributed by atoms with van der Waals surface area (Å²) < 4.78 is 5.44. The van der Waals surface area contributed by atoms with Crippen LogP contribution in [0.15, 0.2) is 35.5 Å². The number of carbonyl (C=O) groups excluding carboxylic acids is 1. The molecular formula is C14H17NO4. The molecule has 0 fully saturated rings. The summed E-state index contributed by atoms with van der Waals surface area (Å²) >= 11 is 0. The highest BCUT2D eigenvalue weighted by atomic mass is 16.5. The molecule has 19 heavy (non-hydrogen) atoms. The number of Topliss-reactive ketones (excluding diaryl/α,β-unsaturated/α-hetero) is 1. The number of nitrogens with one attached hydrogen (secondary N) is 1. The van der Waals surface area contributed by atoms with Crippen molar-refractivity contribution in [2.45, 2.75) is 31.9 Å². The van der Waals surface area contributed by atoms with Gasteiger partial charge in [0.15, 0.2) is 5.78 Å². The summed E-state index contributed by atoms with van der Waals surface area (Å²) in [6.07, 6.45) is 6.89. The van der Waals surface area contributed by atoms with E-state index in [0.29, 0.717) is 19.4 Å². The third-order valence-corrected chi connectivity index (χ3v) is 3.29. The van der Waals surface area contributed by atoms with Crippen molar-refractivity contribution >= 4 is 11.9 Å². The summed E-state index contributed by atoms with van der Waals surface area (Å²) in [5, 5.41) is 11.3. The summed E-state index contributed by atoms with van der Waals surface area (Å²) in [6.45, 7) is 2.28. The number of allylic oxidation sites excluding steroid dienone is 3. The minimum Gasteiger partial charge on any atom is -0.465 e. The van der Waals surface area contributed by atoms with E-state index in [0.717, 1.165) is 11.1 Å². The molecule has 2 atom stereocenters. The van der Waals surface area contributed by atoms with Crippen molar-refractivity contribution in [3.05, 3.63) is 35.5 Å². The molecule has 0 saturated heterocycles. The van der Waals surface area contributed by atoms with Crippen molar-refractivity contribution in [2.75, 3.05) is 6.61 Å². The van der Waals surface area contributed by atoms with Crippen molar-refractivity contribution in [1.82, 2.24) is 5.32 Å². The van der Waals surface area contributed by atoms with Gasteiger partial charge in [-0.05, 0) is 18.9 Å². The molecule has 0 bridgehead atoms. The van der Waals surface area contributed by atoms with Crippen LogP contribution in [0, 0.1) is 0 Å². The highest BCUT2D eigenvalue weighted by Crippen LogP contribution is 2.22. The average Bonchev–Trinajstić information content (AvgIpc) is 2.86. The molecule has 0 spiro atoms. The molecule has 0 aromatic heterocycles. The lowest BCUT2D eigenvalue weighted by Crippen LogP contribution is -2.42. The van der Waals surface area contributed by atoms with Gasteiger partial charge in [-0.2, -0.15) is 0 Å². The number of hydrogen-bond acceptors (Lipinski definition) is 3. The Labute approximate surface area is 111 Å². The van der Waals surface area contributed by atoms with Crippen LogP contribution in [-0.4, -0.2) is 35.7 Å². The standard InChI is InChI=1S/C14H17NO4/c1-9-4-5-10(8-12(9)16)7-11(15-14(17)18)13-3-2-6-19-13/h2-5,11,13,15H,6-8H2,1H3,(H,17,18). The summed E-state index contributed by atoms with van der Waals surface area (Å²) in [4.78, 5) is 22.5. The average molecular weight is 263 g/mol. The zero-order chi connectivity index (χ0) is 13.8. The van der Waals surface area contributed by atoms with E-state index in [1.54, 1.807) is 13.0 Å². The van der Waals surface area contributed by atoms with Crippen LogP contribution in [0.3, 0.4) is 0 Å².